The number of aromatic nitrogens is 4. The van der Waals surface area contributed by atoms with E-state index in [2.05, 4.69) is 16.8 Å². The predicted octanol–water partition coefficient (Wildman–Crippen LogP) is 3.76. The van der Waals surface area contributed by atoms with E-state index < -0.39 is 5.25 Å². The molecule has 2 aromatic carbocycles. The van der Waals surface area contributed by atoms with Crippen LogP contribution in [0.1, 0.15) is 13.8 Å². The second-order valence-electron chi connectivity index (χ2n) is 7.02. The fourth-order valence-electron chi connectivity index (χ4n) is 3.61. The van der Waals surface area contributed by atoms with Crippen molar-refractivity contribution in [2.45, 2.75) is 30.8 Å². The summed E-state index contributed by atoms with van der Waals surface area (Å²) in [5, 5.41) is 9.32. The molecule has 1 atom stereocenters. The van der Waals surface area contributed by atoms with Gasteiger partial charge in [0.1, 0.15) is 0 Å². The van der Waals surface area contributed by atoms with Gasteiger partial charge in [-0.3, -0.25) is 18.6 Å². The molecule has 2 heterocycles. The Morgan fingerprint density at radius 2 is 1.87 bits per heavy atom. The standard InChI is InChI=1S/C23H23N5O2S/c1-4-15-27-21(30)18-13-9-10-14-19(18)28-22(27)24-25-23(28)31-16(3)20(29)26(5-2)17-11-7-6-8-12-17/h4,6-14,16H,1,5,15H2,2-3H3. The number of fused-ring (bicyclic) bond motifs is 3. The van der Waals surface area contributed by atoms with Crippen molar-refractivity contribution in [1.29, 1.82) is 0 Å². The molecule has 0 bridgehead atoms. The molecule has 0 aliphatic heterocycles. The second-order valence-corrected chi connectivity index (χ2v) is 8.33. The number of thioether (sulfide) groups is 1. The fourth-order valence-corrected chi connectivity index (χ4v) is 4.52. The highest BCUT2D eigenvalue weighted by Gasteiger charge is 2.25. The van der Waals surface area contributed by atoms with E-state index in [0.29, 0.717) is 34.9 Å². The second kappa shape index (κ2) is 8.77. The molecule has 0 saturated carbocycles. The Hall–Kier alpha value is -3.39. The number of nitrogens with zero attached hydrogens (tertiary/aromatic N) is 5. The highest BCUT2D eigenvalue weighted by atomic mass is 32.2. The van der Waals surface area contributed by atoms with Gasteiger partial charge in [0.2, 0.25) is 11.7 Å². The Morgan fingerprint density at radius 1 is 1.16 bits per heavy atom. The molecule has 0 saturated heterocycles. The molecule has 4 rings (SSSR count). The zero-order valence-electron chi connectivity index (χ0n) is 17.4. The molecule has 7 nitrogen and oxygen atoms in total. The van der Waals surface area contributed by atoms with Crippen LogP contribution in [0, 0.1) is 0 Å². The first-order chi connectivity index (χ1) is 15.1. The van der Waals surface area contributed by atoms with Crippen molar-refractivity contribution in [1.82, 2.24) is 19.2 Å². The lowest BCUT2D eigenvalue weighted by molar-refractivity contribution is -0.117. The van der Waals surface area contributed by atoms with Gasteiger partial charge in [0.25, 0.3) is 5.56 Å². The minimum atomic E-state index is -0.397. The van der Waals surface area contributed by atoms with Crippen LogP contribution >= 0.6 is 11.8 Å². The van der Waals surface area contributed by atoms with Crippen LogP contribution < -0.4 is 10.5 Å². The van der Waals surface area contributed by atoms with E-state index in [9.17, 15) is 9.59 Å². The van der Waals surface area contributed by atoms with Crippen molar-refractivity contribution in [2.24, 2.45) is 0 Å². The number of carbonyl (C=O) groups excluding carboxylic acids is 1. The Balaban J connectivity index is 1.76. The van der Waals surface area contributed by atoms with E-state index in [1.807, 2.05) is 66.8 Å². The summed E-state index contributed by atoms with van der Waals surface area (Å²) in [6, 6.07) is 17.0. The maximum absolute atomic E-state index is 13.2. The van der Waals surface area contributed by atoms with Crippen LogP contribution in [-0.2, 0) is 11.3 Å². The van der Waals surface area contributed by atoms with Gasteiger partial charge in [-0.05, 0) is 38.1 Å². The molecule has 1 amide bonds. The summed E-state index contributed by atoms with van der Waals surface area (Å²) in [6.45, 7) is 8.45. The van der Waals surface area contributed by atoms with Gasteiger partial charge in [-0.15, -0.1) is 16.8 Å². The van der Waals surface area contributed by atoms with Crippen LogP contribution in [-0.4, -0.2) is 36.9 Å². The molecule has 0 N–H and O–H groups in total. The summed E-state index contributed by atoms with van der Waals surface area (Å²) in [5.74, 6) is 0.417. The molecule has 2 aromatic heterocycles. The normalized spacial score (nSPS) is 12.2. The third-order valence-electron chi connectivity index (χ3n) is 5.07. The van der Waals surface area contributed by atoms with Gasteiger partial charge in [0.05, 0.1) is 16.2 Å². The number of benzene rings is 2. The van der Waals surface area contributed by atoms with Gasteiger partial charge in [-0.25, -0.2) is 0 Å². The third-order valence-corrected chi connectivity index (χ3v) is 6.10. The largest absolute Gasteiger partial charge is 0.312 e. The van der Waals surface area contributed by atoms with E-state index in [0.717, 1.165) is 5.69 Å². The fraction of sp³-hybridized carbons (Fsp3) is 0.217. The zero-order valence-corrected chi connectivity index (χ0v) is 18.2. The first-order valence-electron chi connectivity index (χ1n) is 10.1. The van der Waals surface area contributed by atoms with E-state index >= 15 is 0 Å². The van der Waals surface area contributed by atoms with Gasteiger partial charge in [-0.1, -0.05) is 48.2 Å². The minimum absolute atomic E-state index is 0.0147. The monoisotopic (exact) mass is 433 g/mol. The Bertz CT molecular complexity index is 1310. The zero-order chi connectivity index (χ0) is 22.0. The lowest BCUT2D eigenvalue weighted by Gasteiger charge is -2.24. The molecule has 158 valence electrons. The van der Waals surface area contributed by atoms with Crippen LogP contribution in [0.2, 0.25) is 0 Å². The van der Waals surface area contributed by atoms with Crippen LogP contribution in [0.4, 0.5) is 5.69 Å². The van der Waals surface area contributed by atoms with E-state index in [1.165, 1.54) is 11.8 Å². The first kappa shape index (κ1) is 20.9. The summed E-state index contributed by atoms with van der Waals surface area (Å²) in [5.41, 5.74) is 1.43. The molecule has 0 radical (unpaired) electrons. The summed E-state index contributed by atoms with van der Waals surface area (Å²) < 4.78 is 3.38. The van der Waals surface area contributed by atoms with Gasteiger partial charge in [0, 0.05) is 18.8 Å². The first-order valence-corrected chi connectivity index (χ1v) is 11.0. The predicted molar refractivity (Wildman–Crippen MR) is 125 cm³/mol. The number of allylic oxidation sites excluding steroid dienone is 1. The smallest absolute Gasteiger partial charge is 0.263 e. The summed E-state index contributed by atoms with van der Waals surface area (Å²) in [7, 11) is 0. The molecule has 0 spiro atoms. The maximum Gasteiger partial charge on any atom is 0.263 e. The molecular formula is C23H23N5O2S. The van der Waals surface area contributed by atoms with Crippen LogP contribution in [0.25, 0.3) is 16.7 Å². The average Bonchev–Trinajstić information content (AvgIpc) is 3.21. The molecular weight excluding hydrogens is 410 g/mol. The lowest BCUT2D eigenvalue weighted by atomic mass is 10.2. The molecule has 4 aromatic rings. The maximum atomic E-state index is 13.2. The van der Waals surface area contributed by atoms with Crippen LogP contribution in [0.15, 0.2) is 77.2 Å². The number of para-hydroxylation sites is 2. The highest BCUT2D eigenvalue weighted by molar-refractivity contribution is 8.00. The third kappa shape index (κ3) is 3.74. The van der Waals surface area contributed by atoms with E-state index in [4.69, 9.17) is 0 Å². The van der Waals surface area contributed by atoms with Crippen molar-refractivity contribution >= 4 is 40.0 Å². The Labute approximate surface area is 184 Å². The van der Waals surface area contributed by atoms with E-state index in [-0.39, 0.29) is 11.5 Å². The lowest BCUT2D eigenvalue weighted by Crippen LogP contribution is -2.36. The van der Waals surface area contributed by atoms with Crippen molar-refractivity contribution in [3.8, 4) is 0 Å². The molecule has 1 unspecified atom stereocenters. The number of rotatable bonds is 7. The minimum Gasteiger partial charge on any atom is -0.312 e. The average molecular weight is 434 g/mol. The quantitative estimate of drug-likeness (QED) is 0.328. The molecule has 0 aliphatic rings. The number of hydrogen-bond donors (Lipinski definition) is 0. The van der Waals surface area contributed by atoms with Gasteiger partial charge in [-0.2, -0.15) is 0 Å². The number of anilines is 1. The molecule has 8 heteroatoms. The number of hydrogen-bond acceptors (Lipinski definition) is 5. The molecule has 31 heavy (non-hydrogen) atoms. The summed E-state index contributed by atoms with van der Waals surface area (Å²) in [6.07, 6.45) is 1.66. The number of carbonyl (C=O) groups is 1. The van der Waals surface area contributed by atoms with Gasteiger partial charge < -0.3 is 4.90 Å². The molecule has 0 fully saturated rings. The van der Waals surface area contributed by atoms with Crippen LogP contribution in [0.3, 0.4) is 0 Å². The SMILES string of the molecule is C=CCn1c(=O)c2ccccc2n2c(SC(C)C(=O)N(CC)c3ccccc3)nnc12. The van der Waals surface area contributed by atoms with Gasteiger partial charge in [0.15, 0.2) is 5.16 Å². The number of amides is 1. The summed E-state index contributed by atoms with van der Waals surface area (Å²) >= 11 is 1.33. The van der Waals surface area contributed by atoms with E-state index in [1.54, 1.807) is 21.6 Å². The summed E-state index contributed by atoms with van der Waals surface area (Å²) in [4.78, 5) is 27.9. The Morgan fingerprint density at radius 3 is 2.58 bits per heavy atom. The van der Waals surface area contributed by atoms with Gasteiger partial charge >= 0.3 is 0 Å². The topological polar surface area (TPSA) is 72.5 Å². The molecule has 0 aliphatic carbocycles. The van der Waals surface area contributed by atoms with Crippen molar-refractivity contribution in [2.75, 3.05) is 11.4 Å². The Kier molecular flexibility index (Phi) is 5.90. The van der Waals surface area contributed by atoms with Crippen molar-refractivity contribution in [3.05, 3.63) is 77.6 Å². The highest BCUT2D eigenvalue weighted by Crippen LogP contribution is 2.27. The van der Waals surface area contributed by atoms with Crippen molar-refractivity contribution < 1.29 is 4.79 Å². The van der Waals surface area contributed by atoms with Crippen molar-refractivity contribution in [3.63, 3.8) is 0 Å². The van der Waals surface area contributed by atoms with Crippen LogP contribution in [0.5, 0.6) is 0 Å².